The summed E-state index contributed by atoms with van der Waals surface area (Å²) in [6.07, 6.45) is 1.02. The molecule has 1 aliphatic rings. The van der Waals surface area contributed by atoms with Crippen molar-refractivity contribution in [3.63, 3.8) is 0 Å². The van der Waals surface area contributed by atoms with Gasteiger partial charge in [0.25, 0.3) is 0 Å². The molecule has 20 heavy (non-hydrogen) atoms. The van der Waals surface area contributed by atoms with Gasteiger partial charge < -0.3 is 10.2 Å². The standard InChI is InChI=1S/C15H23FN2OS/c1-3-7-17-12(2)15-13(16)5-4-6-14(15)18-8-10-20(19)11-9-18/h4-6,12,17H,3,7-11H2,1-2H3. The zero-order valence-corrected chi connectivity index (χ0v) is 13.0. The Morgan fingerprint density at radius 3 is 2.75 bits per heavy atom. The fraction of sp³-hybridized carbons (Fsp3) is 0.600. The van der Waals surface area contributed by atoms with Gasteiger partial charge >= 0.3 is 0 Å². The van der Waals surface area contributed by atoms with Crippen LogP contribution in [0.1, 0.15) is 31.9 Å². The summed E-state index contributed by atoms with van der Waals surface area (Å²) in [7, 11) is -0.713. The van der Waals surface area contributed by atoms with Crippen LogP contribution in [0.5, 0.6) is 0 Å². The molecule has 1 unspecified atom stereocenters. The van der Waals surface area contributed by atoms with E-state index in [1.54, 1.807) is 6.07 Å². The third-order valence-corrected chi connectivity index (χ3v) is 4.96. The van der Waals surface area contributed by atoms with Crippen molar-refractivity contribution in [2.45, 2.75) is 26.3 Å². The molecule has 0 aromatic heterocycles. The first-order chi connectivity index (χ1) is 9.63. The summed E-state index contributed by atoms with van der Waals surface area (Å²) >= 11 is 0. The molecule has 112 valence electrons. The van der Waals surface area contributed by atoms with Crippen molar-refractivity contribution in [1.82, 2.24) is 5.32 Å². The third kappa shape index (κ3) is 3.58. The van der Waals surface area contributed by atoms with Crippen LogP contribution < -0.4 is 10.2 Å². The van der Waals surface area contributed by atoms with Crippen LogP contribution in [-0.2, 0) is 10.8 Å². The zero-order valence-electron chi connectivity index (χ0n) is 12.2. The molecule has 5 heteroatoms. The molecule has 1 aliphatic heterocycles. The SMILES string of the molecule is CCCNC(C)c1c(F)cccc1N1CCS(=O)CC1. The first-order valence-electron chi connectivity index (χ1n) is 7.25. The number of anilines is 1. The van der Waals surface area contributed by atoms with Gasteiger partial charge in [-0.15, -0.1) is 0 Å². The molecule has 0 radical (unpaired) electrons. The summed E-state index contributed by atoms with van der Waals surface area (Å²) in [5.41, 5.74) is 1.67. The third-order valence-electron chi connectivity index (χ3n) is 3.68. The second-order valence-electron chi connectivity index (χ2n) is 5.18. The minimum Gasteiger partial charge on any atom is -0.369 e. The molecule has 0 bridgehead atoms. The predicted molar refractivity (Wildman–Crippen MR) is 83.2 cm³/mol. The Kier molecular flexibility index (Phi) is 5.54. The summed E-state index contributed by atoms with van der Waals surface area (Å²) < 4.78 is 25.7. The van der Waals surface area contributed by atoms with Crippen molar-refractivity contribution in [2.24, 2.45) is 0 Å². The Hall–Kier alpha value is -0.940. The number of halogens is 1. The minimum atomic E-state index is -0.713. The van der Waals surface area contributed by atoms with E-state index in [1.165, 1.54) is 6.07 Å². The zero-order chi connectivity index (χ0) is 14.5. The van der Waals surface area contributed by atoms with Crippen LogP contribution in [-0.4, -0.2) is 35.3 Å². The van der Waals surface area contributed by atoms with E-state index in [1.807, 2.05) is 13.0 Å². The molecule has 1 saturated heterocycles. The Labute approximate surface area is 123 Å². The summed E-state index contributed by atoms with van der Waals surface area (Å²) in [5.74, 6) is 1.18. The minimum absolute atomic E-state index is 0.0152. The fourth-order valence-electron chi connectivity index (χ4n) is 2.57. The van der Waals surface area contributed by atoms with Gasteiger partial charge in [-0.2, -0.15) is 0 Å². The van der Waals surface area contributed by atoms with Crippen LogP contribution in [0.2, 0.25) is 0 Å². The number of nitrogens with zero attached hydrogens (tertiary/aromatic N) is 1. The molecule has 2 rings (SSSR count). The first-order valence-corrected chi connectivity index (χ1v) is 8.74. The van der Waals surface area contributed by atoms with Crippen molar-refractivity contribution in [1.29, 1.82) is 0 Å². The Morgan fingerprint density at radius 1 is 1.40 bits per heavy atom. The molecule has 1 aromatic carbocycles. The summed E-state index contributed by atoms with van der Waals surface area (Å²) in [6, 6.07) is 5.23. The first kappa shape index (κ1) is 15.4. The summed E-state index contributed by atoms with van der Waals surface area (Å²) in [6.45, 7) is 6.45. The molecule has 0 spiro atoms. The van der Waals surface area contributed by atoms with Gasteiger partial charge in [-0.1, -0.05) is 13.0 Å². The molecule has 0 aliphatic carbocycles. The molecular weight excluding hydrogens is 275 g/mol. The van der Waals surface area contributed by atoms with Crippen LogP contribution in [0.15, 0.2) is 18.2 Å². The van der Waals surface area contributed by atoms with E-state index in [4.69, 9.17) is 0 Å². The van der Waals surface area contributed by atoms with E-state index in [0.29, 0.717) is 11.5 Å². The molecular formula is C15H23FN2OS. The summed E-state index contributed by atoms with van der Waals surface area (Å²) in [4.78, 5) is 2.16. The molecule has 1 N–H and O–H groups in total. The van der Waals surface area contributed by atoms with E-state index in [2.05, 4.69) is 17.1 Å². The Bertz CT molecular complexity index is 471. The topological polar surface area (TPSA) is 32.3 Å². The molecule has 1 fully saturated rings. The highest BCUT2D eigenvalue weighted by molar-refractivity contribution is 7.85. The normalized spacial score (nSPS) is 18.2. The van der Waals surface area contributed by atoms with Gasteiger partial charge in [-0.25, -0.2) is 4.39 Å². The highest BCUT2D eigenvalue weighted by Crippen LogP contribution is 2.29. The number of nitrogens with one attached hydrogen (secondary N) is 1. The van der Waals surface area contributed by atoms with Gasteiger partial charge in [0, 0.05) is 52.7 Å². The quantitative estimate of drug-likeness (QED) is 0.906. The smallest absolute Gasteiger partial charge is 0.130 e. The lowest BCUT2D eigenvalue weighted by Crippen LogP contribution is -2.39. The lowest BCUT2D eigenvalue weighted by Gasteiger charge is -2.32. The van der Waals surface area contributed by atoms with E-state index < -0.39 is 10.8 Å². The van der Waals surface area contributed by atoms with Crippen LogP contribution in [0.25, 0.3) is 0 Å². The number of benzene rings is 1. The number of hydrogen-bond donors (Lipinski definition) is 1. The number of hydrogen-bond acceptors (Lipinski definition) is 3. The van der Waals surface area contributed by atoms with Crippen LogP contribution in [0.3, 0.4) is 0 Å². The maximum Gasteiger partial charge on any atom is 0.130 e. The fourth-order valence-corrected chi connectivity index (χ4v) is 3.62. The largest absolute Gasteiger partial charge is 0.369 e. The Balaban J connectivity index is 2.23. The maximum atomic E-state index is 14.2. The molecule has 1 heterocycles. The van der Waals surface area contributed by atoms with Crippen molar-refractivity contribution in [3.8, 4) is 0 Å². The van der Waals surface area contributed by atoms with E-state index in [0.717, 1.165) is 37.3 Å². The second-order valence-corrected chi connectivity index (χ2v) is 6.88. The lowest BCUT2D eigenvalue weighted by molar-refractivity contribution is 0.526. The molecule has 3 nitrogen and oxygen atoms in total. The van der Waals surface area contributed by atoms with Crippen molar-refractivity contribution in [2.75, 3.05) is 36.0 Å². The monoisotopic (exact) mass is 298 g/mol. The predicted octanol–water partition coefficient (Wildman–Crippen LogP) is 2.46. The molecule has 0 amide bonds. The summed E-state index contributed by atoms with van der Waals surface area (Å²) in [5, 5.41) is 3.35. The van der Waals surface area contributed by atoms with Crippen LogP contribution >= 0.6 is 0 Å². The lowest BCUT2D eigenvalue weighted by atomic mass is 10.0. The van der Waals surface area contributed by atoms with Crippen LogP contribution in [0, 0.1) is 5.82 Å². The van der Waals surface area contributed by atoms with Crippen molar-refractivity contribution in [3.05, 3.63) is 29.6 Å². The van der Waals surface area contributed by atoms with E-state index in [9.17, 15) is 8.60 Å². The van der Waals surface area contributed by atoms with Gasteiger partial charge in [-0.05, 0) is 32.0 Å². The average Bonchev–Trinajstić information content (AvgIpc) is 2.45. The average molecular weight is 298 g/mol. The van der Waals surface area contributed by atoms with Gasteiger partial charge in [0.05, 0.1) is 0 Å². The van der Waals surface area contributed by atoms with Crippen LogP contribution in [0.4, 0.5) is 10.1 Å². The van der Waals surface area contributed by atoms with E-state index in [-0.39, 0.29) is 11.9 Å². The second kappa shape index (κ2) is 7.18. The molecule has 1 aromatic rings. The maximum absolute atomic E-state index is 14.2. The van der Waals surface area contributed by atoms with Gasteiger partial charge in [-0.3, -0.25) is 4.21 Å². The highest BCUT2D eigenvalue weighted by Gasteiger charge is 2.22. The van der Waals surface area contributed by atoms with Gasteiger partial charge in [0.1, 0.15) is 5.82 Å². The van der Waals surface area contributed by atoms with E-state index >= 15 is 0 Å². The molecule has 1 atom stereocenters. The van der Waals surface area contributed by atoms with Crippen molar-refractivity contribution < 1.29 is 8.60 Å². The highest BCUT2D eigenvalue weighted by atomic mass is 32.2. The molecule has 0 saturated carbocycles. The number of rotatable bonds is 5. The Morgan fingerprint density at radius 2 is 2.10 bits per heavy atom. The van der Waals surface area contributed by atoms with Gasteiger partial charge in [0.2, 0.25) is 0 Å². The van der Waals surface area contributed by atoms with Crippen molar-refractivity contribution >= 4 is 16.5 Å². The van der Waals surface area contributed by atoms with Gasteiger partial charge in [0.15, 0.2) is 0 Å².